The van der Waals surface area contributed by atoms with Crippen molar-refractivity contribution < 1.29 is 14.3 Å². The van der Waals surface area contributed by atoms with Crippen molar-refractivity contribution >= 4 is 23.6 Å². The van der Waals surface area contributed by atoms with Crippen LogP contribution in [0.25, 0.3) is 0 Å². The van der Waals surface area contributed by atoms with Gasteiger partial charge in [0.15, 0.2) is 6.10 Å². The lowest BCUT2D eigenvalue weighted by molar-refractivity contribution is -0.152. The van der Waals surface area contributed by atoms with E-state index in [-0.39, 0.29) is 23.7 Å². The Morgan fingerprint density at radius 1 is 1.28 bits per heavy atom. The molecule has 0 radical (unpaired) electrons. The van der Waals surface area contributed by atoms with Gasteiger partial charge in [-0.1, -0.05) is 37.5 Å². The van der Waals surface area contributed by atoms with Gasteiger partial charge >= 0.3 is 5.97 Å². The standard InChI is InChI=1S/C20H29NO3S/c1-13-9-10-18(15(3)11-13)25-12-19(22)24-16(4)20(23)21-17-8-6-5-7-14(17)2/h9-11,14,16-17H,5-8,12H2,1-4H3,(H,21,23)/t14-,16-,17+/m0/s1. The minimum atomic E-state index is -0.749. The van der Waals surface area contributed by atoms with E-state index in [1.807, 2.05) is 26.0 Å². The van der Waals surface area contributed by atoms with E-state index >= 15 is 0 Å². The molecular weight excluding hydrogens is 334 g/mol. The molecule has 138 valence electrons. The van der Waals surface area contributed by atoms with Gasteiger partial charge in [-0.05, 0) is 51.2 Å². The highest BCUT2D eigenvalue weighted by Gasteiger charge is 2.26. The SMILES string of the molecule is Cc1ccc(SCC(=O)O[C@@H](C)C(=O)N[C@@H]2CCCC[C@@H]2C)c(C)c1. The molecule has 0 aliphatic heterocycles. The maximum absolute atomic E-state index is 12.3. The van der Waals surface area contributed by atoms with Gasteiger partial charge in [0, 0.05) is 10.9 Å². The van der Waals surface area contributed by atoms with E-state index in [1.54, 1.807) is 6.92 Å². The molecule has 3 atom stereocenters. The van der Waals surface area contributed by atoms with Crippen molar-refractivity contribution in [2.75, 3.05) is 5.75 Å². The van der Waals surface area contributed by atoms with Gasteiger partial charge in [0.05, 0.1) is 5.75 Å². The molecule has 0 aromatic heterocycles. The zero-order valence-electron chi connectivity index (χ0n) is 15.6. The van der Waals surface area contributed by atoms with Crippen LogP contribution in [-0.4, -0.2) is 29.8 Å². The Kier molecular flexibility index (Phi) is 7.36. The molecule has 25 heavy (non-hydrogen) atoms. The topological polar surface area (TPSA) is 55.4 Å². The van der Waals surface area contributed by atoms with Gasteiger partial charge in [-0.2, -0.15) is 0 Å². The molecule has 1 amide bonds. The summed E-state index contributed by atoms with van der Waals surface area (Å²) in [5, 5.41) is 3.04. The summed E-state index contributed by atoms with van der Waals surface area (Å²) >= 11 is 1.45. The molecule has 1 aliphatic rings. The zero-order chi connectivity index (χ0) is 18.4. The fraction of sp³-hybridized carbons (Fsp3) is 0.600. The molecule has 1 saturated carbocycles. The molecule has 2 rings (SSSR count). The van der Waals surface area contributed by atoms with Crippen LogP contribution < -0.4 is 5.32 Å². The van der Waals surface area contributed by atoms with Crippen LogP contribution >= 0.6 is 11.8 Å². The van der Waals surface area contributed by atoms with E-state index in [2.05, 4.69) is 18.3 Å². The van der Waals surface area contributed by atoms with E-state index in [4.69, 9.17) is 4.74 Å². The van der Waals surface area contributed by atoms with Crippen molar-refractivity contribution in [2.45, 2.75) is 70.4 Å². The van der Waals surface area contributed by atoms with Gasteiger partial charge in [0.1, 0.15) is 0 Å². The summed E-state index contributed by atoms with van der Waals surface area (Å²) < 4.78 is 5.30. The Bertz CT molecular complexity index is 617. The predicted octanol–water partition coefficient (Wildman–Crippen LogP) is 4.02. The van der Waals surface area contributed by atoms with Crippen LogP contribution in [0.15, 0.2) is 23.1 Å². The molecule has 1 aliphatic carbocycles. The average molecular weight is 364 g/mol. The quantitative estimate of drug-likeness (QED) is 0.613. The molecule has 1 aromatic carbocycles. The van der Waals surface area contributed by atoms with Crippen LogP contribution in [0, 0.1) is 19.8 Å². The molecule has 1 aromatic rings. The Morgan fingerprint density at radius 2 is 2.00 bits per heavy atom. The molecule has 0 unspecified atom stereocenters. The van der Waals surface area contributed by atoms with Gasteiger partial charge in [-0.15, -0.1) is 11.8 Å². The van der Waals surface area contributed by atoms with E-state index in [9.17, 15) is 9.59 Å². The second-order valence-corrected chi connectivity index (χ2v) is 8.08. The summed E-state index contributed by atoms with van der Waals surface area (Å²) in [4.78, 5) is 25.4. The lowest BCUT2D eigenvalue weighted by Crippen LogP contribution is -2.46. The Balaban J connectivity index is 1.77. The average Bonchev–Trinajstić information content (AvgIpc) is 2.56. The fourth-order valence-corrected chi connectivity index (χ4v) is 4.01. The molecule has 5 heteroatoms. The van der Waals surface area contributed by atoms with Crippen molar-refractivity contribution in [2.24, 2.45) is 5.92 Å². The Hall–Kier alpha value is -1.49. The second kappa shape index (κ2) is 9.27. The predicted molar refractivity (Wildman–Crippen MR) is 102 cm³/mol. The lowest BCUT2D eigenvalue weighted by atomic mass is 9.86. The van der Waals surface area contributed by atoms with Crippen molar-refractivity contribution in [3.63, 3.8) is 0 Å². The monoisotopic (exact) mass is 363 g/mol. The summed E-state index contributed by atoms with van der Waals surface area (Å²) in [6, 6.07) is 6.34. The number of ether oxygens (including phenoxy) is 1. The zero-order valence-corrected chi connectivity index (χ0v) is 16.4. The smallest absolute Gasteiger partial charge is 0.317 e. The number of thioether (sulfide) groups is 1. The van der Waals surface area contributed by atoms with E-state index in [0.717, 1.165) is 29.7 Å². The number of hydrogen-bond donors (Lipinski definition) is 1. The summed E-state index contributed by atoms with van der Waals surface area (Å²) in [5.74, 6) is 0.148. The summed E-state index contributed by atoms with van der Waals surface area (Å²) in [7, 11) is 0. The fourth-order valence-electron chi connectivity index (χ4n) is 3.21. The summed E-state index contributed by atoms with van der Waals surface area (Å²) in [6.07, 6.45) is 3.78. The van der Waals surface area contributed by atoms with Crippen LogP contribution in [0.5, 0.6) is 0 Å². The number of carbonyl (C=O) groups is 2. The van der Waals surface area contributed by atoms with Crippen LogP contribution in [0.3, 0.4) is 0 Å². The van der Waals surface area contributed by atoms with Crippen molar-refractivity contribution in [1.29, 1.82) is 0 Å². The van der Waals surface area contributed by atoms with Crippen LogP contribution in [-0.2, 0) is 14.3 Å². The number of rotatable bonds is 6. The number of aryl methyl sites for hydroxylation is 2. The first-order chi connectivity index (χ1) is 11.9. The largest absolute Gasteiger partial charge is 0.452 e. The summed E-state index contributed by atoms with van der Waals surface area (Å²) in [6.45, 7) is 7.88. The molecule has 0 saturated heterocycles. The third-order valence-corrected chi connectivity index (χ3v) is 5.94. The number of hydrogen-bond acceptors (Lipinski definition) is 4. The minimum Gasteiger partial charge on any atom is -0.452 e. The van der Waals surface area contributed by atoms with Gasteiger partial charge in [0.2, 0.25) is 0 Å². The second-order valence-electron chi connectivity index (χ2n) is 7.07. The van der Waals surface area contributed by atoms with Gasteiger partial charge in [0.25, 0.3) is 5.91 Å². The first-order valence-electron chi connectivity index (χ1n) is 9.06. The van der Waals surface area contributed by atoms with Crippen molar-refractivity contribution in [3.05, 3.63) is 29.3 Å². The highest BCUT2D eigenvalue weighted by molar-refractivity contribution is 8.00. The molecular formula is C20H29NO3S. The molecule has 0 heterocycles. The highest BCUT2D eigenvalue weighted by atomic mass is 32.2. The molecule has 0 bridgehead atoms. The highest BCUT2D eigenvalue weighted by Crippen LogP contribution is 2.24. The molecule has 0 spiro atoms. The van der Waals surface area contributed by atoms with E-state index in [0.29, 0.717) is 5.92 Å². The third kappa shape index (κ3) is 6.07. The number of benzene rings is 1. The van der Waals surface area contributed by atoms with Crippen LogP contribution in [0.2, 0.25) is 0 Å². The normalized spacial score (nSPS) is 21.4. The molecule has 1 fully saturated rings. The Morgan fingerprint density at radius 3 is 2.68 bits per heavy atom. The van der Waals surface area contributed by atoms with Crippen molar-refractivity contribution in [1.82, 2.24) is 5.32 Å². The first-order valence-corrected chi connectivity index (χ1v) is 10.0. The number of amides is 1. The number of esters is 1. The van der Waals surface area contributed by atoms with Gasteiger partial charge in [-0.3, -0.25) is 9.59 Å². The minimum absolute atomic E-state index is 0.191. The molecule has 4 nitrogen and oxygen atoms in total. The van der Waals surface area contributed by atoms with E-state index in [1.165, 1.54) is 23.7 Å². The van der Waals surface area contributed by atoms with Gasteiger partial charge < -0.3 is 10.1 Å². The summed E-state index contributed by atoms with van der Waals surface area (Å²) in [5.41, 5.74) is 2.35. The van der Waals surface area contributed by atoms with Crippen molar-refractivity contribution in [3.8, 4) is 0 Å². The van der Waals surface area contributed by atoms with Gasteiger partial charge in [-0.25, -0.2) is 0 Å². The van der Waals surface area contributed by atoms with Crippen LogP contribution in [0.1, 0.15) is 50.7 Å². The Labute approximate surface area is 155 Å². The third-order valence-electron chi connectivity index (χ3n) is 4.79. The maximum atomic E-state index is 12.3. The number of carbonyl (C=O) groups excluding carboxylic acids is 2. The number of nitrogens with one attached hydrogen (secondary N) is 1. The van der Waals surface area contributed by atoms with Crippen LogP contribution in [0.4, 0.5) is 0 Å². The first kappa shape index (κ1) is 19.8. The van der Waals surface area contributed by atoms with E-state index < -0.39 is 6.10 Å². The molecule has 1 N–H and O–H groups in total. The maximum Gasteiger partial charge on any atom is 0.317 e. The lowest BCUT2D eigenvalue weighted by Gasteiger charge is -2.30.